The van der Waals surface area contributed by atoms with Gasteiger partial charge in [0.15, 0.2) is 17.5 Å². The van der Waals surface area contributed by atoms with Crippen molar-refractivity contribution in [2.24, 2.45) is 0 Å². The molecule has 0 aliphatic heterocycles. The monoisotopic (exact) mass is 247 g/mol. The molecule has 0 aliphatic carbocycles. The number of benzene rings is 1. The van der Waals surface area contributed by atoms with Gasteiger partial charge in [-0.2, -0.15) is 0 Å². The van der Waals surface area contributed by atoms with E-state index in [0.29, 0.717) is 0 Å². The molecule has 0 fully saturated rings. The summed E-state index contributed by atoms with van der Waals surface area (Å²) in [5, 5.41) is 8.83. The number of carboxylic acid groups (broad SMARTS) is 1. The van der Waals surface area contributed by atoms with Crippen molar-refractivity contribution in [3.05, 3.63) is 29.6 Å². The van der Waals surface area contributed by atoms with Crippen LogP contribution in [-0.2, 0) is 4.79 Å². The molecule has 94 valence electrons. The van der Waals surface area contributed by atoms with Gasteiger partial charge in [-0.05, 0) is 26.0 Å². The van der Waals surface area contributed by atoms with E-state index in [0.717, 1.165) is 17.0 Å². The second-order valence-electron chi connectivity index (χ2n) is 3.49. The molecule has 1 unspecified atom stereocenters. The summed E-state index contributed by atoms with van der Waals surface area (Å²) in [6.45, 7) is 3.10. The van der Waals surface area contributed by atoms with Crippen LogP contribution in [0.4, 0.5) is 18.9 Å². The average Bonchev–Trinajstić information content (AvgIpc) is 2.29. The number of rotatable bonds is 4. The number of hydrogen-bond donors (Lipinski definition) is 1. The minimum Gasteiger partial charge on any atom is -0.480 e. The van der Waals surface area contributed by atoms with Crippen LogP contribution in [0.15, 0.2) is 12.1 Å². The minimum absolute atomic E-state index is 0.162. The van der Waals surface area contributed by atoms with Crippen molar-refractivity contribution in [2.75, 3.05) is 11.4 Å². The van der Waals surface area contributed by atoms with Crippen LogP contribution in [0.25, 0.3) is 0 Å². The predicted molar refractivity (Wildman–Crippen MR) is 56.4 cm³/mol. The molecule has 1 rings (SSSR count). The highest BCUT2D eigenvalue weighted by Gasteiger charge is 2.24. The van der Waals surface area contributed by atoms with Crippen LogP contribution in [0.2, 0.25) is 0 Å². The van der Waals surface area contributed by atoms with E-state index in [1.165, 1.54) is 6.92 Å². The van der Waals surface area contributed by atoms with Gasteiger partial charge >= 0.3 is 5.97 Å². The van der Waals surface area contributed by atoms with Gasteiger partial charge in [-0.1, -0.05) is 0 Å². The SMILES string of the molecule is CCN(c1ccc(F)c(F)c1F)C(C)C(=O)O. The summed E-state index contributed by atoms with van der Waals surface area (Å²) in [6, 6.07) is 0.765. The Balaban J connectivity index is 3.22. The van der Waals surface area contributed by atoms with Gasteiger partial charge in [0.05, 0.1) is 5.69 Å². The fraction of sp³-hybridized carbons (Fsp3) is 0.364. The van der Waals surface area contributed by atoms with Gasteiger partial charge in [0.25, 0.3) is 0 Å². The standard InChI is InChI=1S/C11H12F3NO2/c1-3-15(6(2)11(16)17)8-5-4-7(12)9(13)10(8)14/h4-6H,3H2,1-2H3,(H,16,17). The fourth-order valence-corrected chi connectivity index (χ4v) is 1.52. The number of hydrogen-bond acceptors (Lipinski definition) is 2. The van der Waals surface area contributed by atoms with Gasteiger partial charge in [0.2, 0.25) is 0 Å². The molecule has 0 saturated heterocycles. The third kappa shape index (κ3) is 2.51. The number of anilines is 1. The van der Waals surface area contributed by atoms with E-state index in [4.69, 9.17) is 5.11 Å². The second kappa shape index (κ2) is 5.07. The average molecular weight is 247 g/mol. The number of halogens is 3. The topological polar surface area (TPSA) is 40.5 Å². The first-order chi connectivity index (χ1) is 7.90. The van der Waals surface area contributed by atoms with Crippen LogP contribution in [0.3, 0.4) is 0 Å². The van der Waals surface area contributed by atoms with E-state index in [-0.39, 0.29) is 12.2 Å². The lowest BCUT2D eigenvalue weighted by atomic mass is 10.2. The maximum atomic E-state index is 13.5. The highest BCUT2D eigenvalue weighted by Crippen LogP contribution is 2.25. The molecule has 0 heterocycles. The third-order valence-corrected chi connectivity index (χ3v) is 2.49. The van der Waals surface area contributed by atoms with Crippen molar-refractivity contribution in [1.82, 2.24) is 0 Å². The van der Waals surface area contributed by atoms with Crippen LogP contribution in [0.5, 0.6) is 0 Å². The van der Waals surface area contributed by atoms with Gasteiger partial charge in [0.1, 0.15) is 6.04 Å². The van der Waals surface area contributed by atoms with Crippen molar-refractivity contribution >= 4 is 11.7 Å². The van der Waals surface area contributed by atoms with Crippen molar-refractivity contribution in [3.8, 4) is 0 Å². The van der Waals surface area contributed by atoms with Crippen molar-refractivity contribution < 1.29 is 23.1 Å². The van der Waals surface area contributed by atoms with Gasteiger partial charge < -0.3 is 10.0 Å². The number of likely N-dealkylation sites (N-methyl/N-ethyl adjacent to an activating group) is 1. The lowest BCUT2D eigenvalue weighted by Gasteiger charge is -2.27. The largest absolute Gasteiger partial charge is 0.480 e. The van der Waals surface area contributed by atoms with Crippen molar-refractivity contribution in [1.29, 1.82) is 0 Å². The molecule has 0 aliphatic rings. The van der Waals surface area contributed by atoms with Gasteiger partial charge in [-0.15, -0.1) is 0 Å². The second-order valence-corrected chi connectivity index (χ2v) is 3.49. The first-order valence-electron chi connectivity index (χ1n) is 5.03. The minimum atomic E-state index is -1.60. The molecule has 0 spiro atoms. The Bertz CT molecular complexity index is 437. The lowest BCUT2D eigenvalue weighted by molar-refractivity contribution is -0.138. The third-order valence-electron chi connectivity index (χ3n) is 2.49. The summed E-state index contributed by atoms with van der Waals surface area (Å²) in [4.78, 5) is 11.9. The molecule has 1 aromatic rings. The molecule has 0 aromatic heterocycles. The maximum absolute atomic E-state index is 13.5. The number of carbonyl (C=O) groups is 1. The Morgan fingerprint density at radius 2 is 1.94 bits per heavy atom. The molecule has 1 aromatic carbocycles. The fourth-order valence-electron chi connectivity index (χ4n) is 1.52. The number of nitrogens with zero attached hydrogens (tertiary/aromatic N) is 1. The maximum Gasteiger partial charge on any atom is 0.326 e. The first kappa shape index (κ1) is 13.3. The summed E-state index contributed by atoms with van der Waals surface area (Å²) in [7, 11) is 0. The zero-order chi connectivity index (χ0) is 13.2. The molecule has 1 atom stereocenters. The molecule has 0 radical (unpaired) electrons. The normalized spacial score (nSPS) is 12.3. The summed E-state index contributed by atoms with van der Waals surface area (Å²) in [5.74, 6) is -5.44. The van der Waals surface area contributed by atoms with Crippen LogP contribution in [0.1, 0.15) is 13.8 Å². The quantitative estimate of drug-likeness (QED) is 0.830. The van der Waals surface area contributed by atoms with E-state index >= 15 is 0 Å². The Labute approximate surface area is 96.5 Å². The molecule has 0 saturated carbocycles. The molecule has 0 amide bonds. The Morgan fingerprint density at radius 1 is 1.35 bits per heavy atom. The molecule has 0 bridgehead atoms. The van der Waals surface area contributed by atoms with Gasteiger partial charge in [-0.25, -0.2) is 18.0 Å². The number of carboxylic acids is 1. The highest BCUT2D eigenvalue weighted by atomic mass is 19.2. The highest BCUT2D eigenvalue weighted by molar-refractivity contribution is 5.77. The summed E-state index contributed by atoms with van der Waals surface area (Å²) in [6.07, 6.45) is 0. The zero-order valence-electron chi connectivity index (χ0n) is 9.38. The van der Waals surface area contributed by atoms with Gasteiger partial charge in [0, 0.05) is 6.54 Å². The number of aliphatic carboxylic acids is 1. The Kier molecular flexibility index (Phi) is 3.98. The molecular formula is C11H12F3NO2. The molecule has 3 nitrogen and oxygen atoms in total. The zero-order valence-corrected chi connectivity index (χ0v) is 9.38. The smallest absolute Gasteiger partial charge is 0.326 e. The van der Waals surface area contributed by atoms with Gasteiger partial charge in [-0.3, -0.25) is 0 Å². The molecular weight excluding hydrogens is 235 g/mol. The van der Waals surface area contributed by atoms with Crippen LogP contribution in [0, 0.1) is 17.5 Å². The van der Waals surface area contributed by atoms with Crippen LogP contribution >= 0.6 is 0 Å². The van der Waals surface area contributed by atoms with E-state index in [1.807, 2.05) is 0 Å². The van der Waals surface area contributed by atoms with Crippen molar-refractivity contribution in [2.45, 2.75) is 19.9 Å². The van der Waals surface area contributed by atoms with E-state index < -0.39 is 29.5 Å². The van der Waals surface area contributed by atoms with Crippen molar-refractivity contribution in [3.63, 3.8) is 0 Å². The van der Waals surface area contributed by atoms with Crippen LogP contribution in [-0.4, -0.2) is 23.7 Å². The predicted octanol–water partition coefficient (Wildman–Crippen LogP) is 2.40. The lowest BCUT2D eigenvalue weighted by Crippen LogP contribution is -2.39. The van der Waals surface area contributed by atoms with Crippen LogP contribution < -0.4 is 4.90 Å². The Morgan fingerprint density at radius 3 is 2.41 bits per heavy atom. The molecule has 6 heteroatoms. The Hall–Kier alpha value is -1.72. The molecule has 1 N–H and O–H groups in total. The summed E-state index contributed by atoms with van der Waals surface area (Å²) in [5.41, 5.74) is -0.263. The summed E-state index contributed by atoms with van der Waals surface area (Å²) < 4.78 is 39.2. The van der Waals surface area contributed by atoms with E-state index in [9.17, 15) is 18.0 Å². The first-order valence-corrected chi connectivity index (χ1v) is 5.03. The van der Waals surface area contributed by atoms with E-state index in [1.54, 1.807) is 6.92 Å². The molecule has 17 heavy (non-hydrogen) atoms. The summed E-state index contributed by atoms with van der Waals surface area (Å²) >= 11 is 0. The van der Waals surface area contributed by atoms with E-state index in [2.05, 4.69) is 0 Å².